The number of anilines is 1. The van der Waals surface area contributed by atoms with Gasteiger partial charge in [-0.25, -0.2) is 4.98 Å². The van der Waals surface area contributed by atoms with Gasteiger partial charge in [-0.2, -0.15) is 0 Å². The number of aromatic nitrogens is 2. The highest BCUT2D eigenvalue weighted by molar-refractivity contribution is 6.30. The Hall–Kier alpha value is -3.02. The molecule has 0 N–H and O–H groups in total. The second-order valence-corrected chi connectivity index (χ2v) is 8.95. The number of rotatable bonds is 7. The minimum absolute atomic E-state index is 0. The first-order chi connectivity index (χ1) is 16.1. The van der Waals surface area contributed by atoms with Crippen molar-refractivity contribution >= 4 is 46.6 Å². The average molecular weight is 496 g/mol. The molecule has 176 valence electrons. The number of benzene rings is 3. The van der Waals surface area contributed by atoms with Gasteiger partial charge < -0.3 is 14.2 Å². The zero-order valence-corrected chi connectivity index (χ0v) is 20.6. The maximum atomic E-state index is 12.9. The van der Waals surface area contributed by atoms with Gasteiger partial charge in [-0.1, -0.05) is 47.5 Å². The van der Waals surface area contributed by atoms with Crippen LogP contribution < -0.4 is 9.64 Å². The van der Waals surface area contributed by atoms with Crippen LogP contribution in [-0.2, 0) is 11.3 Å². The van der Waals surface area contributed by atoms with Gasteiger partial charge >= 0.3 is 0 Å². The Labute approximate surface area is 210 Å². The van der Waals surface area contributed by atoms with Gasteiger partial charge in [0.15, 0.2) is 0 Å². The van der Waals surface area contributed by atoms with Crippen molar-refractivity contribution in [3.05, 3.63) is 89.2 Å². The molecule has 0 bridgehead atoms. The lowest BCUT2D eigenvalue weighted by Gasteiger charge is -2.18. The number of hydrogen-bond acceptors (Lipinski definition) is 3. The third-order valence-electron chi connectivity index (χ3n) is 6.11. The van der Waals surface area contributed by atoms with E-state index in [1.165, 1.54) is 5.56 Å². The molecule has 2 heterocycles. The average Bonchev–Trinajstić information content (AvgIpc) is 3.38. The fourth-order valence-electron chi connectivity index (χ4n) is 4.46. The maximum Gasteiger partial charge on any atom is 0.227 e. The van der Waals surface area contributed by atoms with Crippen LogP contribution >= 0.6 is 24.0 Å². The summed E-state index contributed by atoms with van der Waals surface area (Å²) in [5, 5.41) is 0.629. The normalized spacial score (nSPS) is 15.5. The summed E-state index contributed by atoms with van der Waals surface area (Å²) in [6.07, 6.45) is 1.29. The largest absolute Gasteiger partial charge is 0.494 e. The zero-order chi connectivity index (χ0) is 22.8. The third-order valence-corrected chi connectivity index (χ3v) is 6.35. The highest BCUT2D eigenvalue weighted by Crippen LogP contribution is 2.34. The van der Waals surface area contributed by atoms with Gasteiger partial charge in [0.1, 0.15) is 11.6 Å². The number of hydrogen-bond donors (Lipinski definition) is 0. The summed E-state index contributed by atoms with van der Waals surface area (Å²) < 4.78 is 8.19. The van der Waals surface area contributed by atoms with Gasteiger partial charge in [-0.15, -0.1) is 12.4 Å². The number of fused-ring (bicyclic) bond motifs is 1. The quantitative estimate of drug-likeness (QED) is 0.278. The first kappa shape index (κ1) is 24.1. The molecular weight excluding hydrogens is 469 g/mol. The van der Waals surface area contributed by atoms with Crippen LogP contribution in [-0.4, -0.2) is 28.6 Å². The monoisotopic (exact) mass is 495 g/mol. The summed E-state index contributed by atoms with van der Waals surface area (Å²) in [6, 6.07) is 23.7. The van der Waals surface area contributed by atoms with E-state index in [1.807, 2.05) is 59.5 Å². The number of amides is 1. The van der Waals surface area contributed by atoms with Crippen LogP contribution in [0.2, 0.25) is 5.02 Å². The number of nitrogens with zero attached hydrogens (tertiary/aromatic N) is 3. The lowest BCUT2D eigenvalue weighted by molar-refractivity contribution is -0.117. The van der Waals surface area contributed by atoms with Gasteiger partial charge in [0.2, 0.25) is 5.91 Å². The number of aryl methyl sites for hydroxylation is 2. The van der Waals surface area contributed by atoms with E-state index in [1.54, 1.807) is 0 Å². The Morgan fingerprint density at radius 1 is 1.06 bits per heavy atom. The molecule has 34 heavy (non-hydrogen) atoms. The molecular formula is C27H27Cl2N3O2. The molecule has 1 aromatic heterocycles. The van der Waals surface area contributed by atoms with Crippen molar-refractivity contribution in [1.82, 2.24) is 9.55 Å². The van der Waals surface area contributed by atoms with Crippen LogP contribution in [0.4, 0.5) is 5.69 Å². The van der Waals surface area contributed by atoms with Gasteiger partial charge in [0, 0.05) is 36.1 Å². The van der Waals surface area contributed by atoms with Crippen molar-refractivity contribution in [3.63, 3.8) is 0 Å². The molecule has 0 radical (unpaired) electrons. The first-order valence-electron chi connectivity index (χ1n) is 11.3. The van der Waals surface area contributed by atoms with Crippen LogP contribution in [0.1, 0.15) is 30.1 Å². The highest BCUT2D eigenvalue weighted by atomic mass is 35.5. The number of halogens is 2. The molecule has 1 unspecified atom stereocenters. The van der Waals surface area contributed by atoms with Crippen molar-refractivity contribution < 1.29 is 9.53 Å². The van der Waals surface area contributed by atoms with E-state index in [4.69, 9.17) is 21.3 Å². The van der Waals surface area contributed by atoms with Crippen LogP contribution in [0.3, 0.4) is 0 Å². The summed E-state index contributed by atoms with van der Waals surface area (Å²) in [5.41, 5.74) is 4.11. The molecule has 0 saturated carbocycles. The highest BCUT2D eigenvalue weighted by Gasteiger charge is 2.34. The first-order valence-corrected chi connectivity index (χ1v) is 11.7. The number of carbonyl (C=O) groups is 1. The Bertz CT molecular complexity index is 1290. The summed E-state index contributed by atoms with van der Waals surface area (Å²) in [5.74, 6) is 1.98. The van der Waals surface area contributed by atoms with Crippen molar-refractivity contribution in [2.45, 2.75) is 32.2 Å². The smallest absolute Gasteiger partial charge is 0.227 e. The number of carbonyl (C=O) groups excluding carboxylic acids is 1. The van der Waals surface area contributed by atoms with Gasteiger partial charge in [-0.3, -0.25) is 4.79 Å². The Kier molecular flexibility index (Phi) is 7.44. The molecule has 7 heteroatoms. The Morgan fingerprint density at radius 2 is 1.85 bits per heavy atom. The lowest BCUT2D eigenvalue weighted by Crippen LogP contribution is -2.24. The molecule has 4 aromatic rings. The number of para-hydroxylation sites is 2. The van der Waals surface area contributed by atoms with E-state index in [9.17, 15) is 4.79 Å². The Balaban J connectivity index is 0.00000274. The van der Waals surface area contributed by atoms with E-state index in [2.05, 4.69) is 29.7 Å². The van der Waals surface area contributed by atoms with E-state index < -0.39 is 0 Å². The fourth-order valence-corrected chi connectivity index (χ4v) is 4.65. The minimum atomic E-state index is 0. The SMILES string of the molecule is Cc1ccc(OCCCn2c(C3CC(=O)N(c4cccc(Cl)c4)C3)nc3ccccc32)cc1.Cl. The zero-order valence-electron chi connectivity index (χ0n) is 19.0. The predicted molar refractivity (Wildman–Crippen MR) is 139 cm³/mol. The molecule has 1 aliphatic rings. The summed E-state index contributed by atoms with van der Waals surface area (Å²) in [7, 11) is 0. The second-order valence-electron chi connectivity index (χ2n) is 8.51. The predicted octanol–water partition coefficient (Wildman–Crippen LogP) is 6.41. The molecule has 3 aromatic carbocycles. The minimum Gasteiger partial charge on any atom is -0.494 e. The molecule has 1 aliphatic heterocycles. The second kappa shape index (κ2) is 10.5. The molecule has 0 spiro atoms. The third kappa shape index (κ3) is 5.06. The molecule has 1 amide bonds. The fraction of sp³-hybridized carbons (Fsp3) is 0.259. The van der Waals surface area contributed by atoms with Gasteiger partial charge in [0.05, 0.1) is 17.6 Å². The van der Waals surface area contributed by atoms with E-state index in [0.29, 0.717) is 24.6 Å². The van der Waals surface area contributed by atoms with Crippen LogP contribution in [0, 0.1) is 6.92 Å². The van der Waals surface area contributed by atoms with Crippen molar-refractivity contribution in [2.24, 2.45) is 0 Å². The topological polar surface area (TPSA) is 47.4 Å². The van der Waals surface area contributed by atoms with Gasteiger partial charge in [0.25, 0.3) is 0 Å². The molecule has 1 fully saturated rings. The molecule has 5 nitrogen and oxygen atoms in total. The summed E-state index contributed by atoms with van der Waals surface area (Å²) in [4.78, 5) is 19.6. The standard InChI is InChI=1S/C27H26ClN3O2.ClH/c1-19-10-12-23(13-11-19)33-15-5-14-30-25-9-3-2-8-24(25)29-27(30)20-16-26(32)31(18-20)22-7-4-6-21(28)17-22;/h2-4,6-13,17,20H,5,14-16,18H2,1H3;1H. The number of imidazole rings is 1. The molecule has 0 aliphatic carbocycles. The Morgan fingerprint density at radius 3 is 2.65 bits per heavy atom. The van der Waals surface area contributed by atoms with Crippen molar-refractivity contribution in [2.75, 3.05) is 18.1 Å². The summed E-state index contributed by atoms with van der Waals surface area (Å²) in [6.45, 7) is 4.07. The van der Waals surface area contributed by atoms with Crippen molar-refractivity contribution in [3.8, 4) is 5.75 Å². The lowest BCUT2D eigenvalue weighted by atomic mass is 10.1. The van der Waals surface area contributed by atoms with Crippen LogP contribution in [0.5, 0.6) is 5.75 Å². The number of ether oxygens (including phenoxy) is 1. The van der Waals surface area contributed by atoms with E-state index in [-0.39, 0.29) is 24.2 Å². The van der Waals surface area contributed by atoms with Crippen molar-refractivity contribution in [1.29, 1.82) is 0 Å². The maximum absolute atomic E-state index is 12.9. The van der Waals surface area contributed by atoms with E-state index >= 15 is 0 Å². The molecule has 1 saturated heterocycles. The van der Waals surface area contributed by atoms with Crippen LogP contribution in [0.15, 0.2) is 72.8 Å². The molecule has 5 rings (SSSR count). The molecule has 1 atom stereocenters. The van der Waals surface area contributed by atoms with E-state index in [0.717, 1.165) is 41.3 Å². The van der Waals surface area contributed by atoms with Gasteiger partial charge in [-0.05, 0) is 55.8 Å². The summed E-state index contributed by atoms with van der Waals surface area (Å²) >= 11 is 6.16. The van der Waals surface area contributed by atoms with Crippen LogP contribution in [0.25, 0.3) is 11.0 Å².